The molecule has 142 valence electrons. The van der Waals surface area contributed by atoms with Gasteiger partial charge < -0.3 is 15.8 Å². The van der Waals surface area contributed by atoms with E-state index in [4.69, 9.17) is 10.5 Å². The zero-order valence-electron chi connectivity index (χ0n) is 15.1. The van der Waals surface area contributed by atoms with Gasteiger partial charge in [0.05, 0.1) is 16.5 Å². The molecular formula is C19H21N3O5. The van der Waals surface area contributed by atoms with Crippen LogP contribution in [0, 0.1) is 10.1 Å². The first-order valence-corrected chi connectivity index (χ1v) is 8.41. The molecule has 0 saturated carbocycles. The number of nitrogens with one attached hydrogen (secondary N) is 1. The molecule has 0 radical (unpaired) electrons. The summed E-state index contributed by atoms with van der Waals surface area (Å²) in [5, 5.41) is 13.6. The SMILES string of the molecule is CCc1ccc(C(C)NC(=O)COC(=O)c2ccc(N)c([N+](=O)[O-])c2)cc1. The molecule has 2 aromatic rings. The second-order valence-corrected chi connectivity index (χ2v) is 5.99. The van der Waals surface area contributed by atoms with Crippen molar-refractivity contribution in [2.24, 2.45) is 0 Å². The number of esters is 1. The highest BCUT2D eigenvalue weighted by Gasteiger charge is 2.18. The van der Waals surface area contributed by atoms with E-state index in [1.165, 1.54) is 17.7 Å². The molecule has 0 aliphatic rings. The summed E-state index contributed by atoms with van der Waals surface area (Å²) in [6.45, 7) is 3.39. The summed E-state index contributed by atoms with van der Waals surface area (Å²) in [5.41, 5.74) is 7.11. The Morgan fingerprint density at radius 2 is 1.89 bits per heavy atom. The zero-order valence-corrected chi connectivity index (χ0v) is 15.1. The Bertz CT molecular complexity index is 849. The van der Waals surface area contributed by atoms with Crippen molar-refractivity contribution in [1.82, 2.24) is 5.32 Å². The molecule has 2 rings (SSSR count). The summed E-state index contributed by atoms with van der Waals surface area (Å²) >= 11 is 0. The number of nitro groups is 1. The lowest BCUT2D eigenvalue weighted by Gasteiger charge is -2.15. The van der Waals surface area contributed by atoms with Gasteiger partial charge in [0, 0.05) is 6.07 Å². The maximum atomic E-state index is 12.0. The van der Waals surface area contributed by atoms with E-state index < -0.39 is 29.1 Å². The Morgan fingerprint density at radius 3 is 2.48 bits per heavy atom. The molecule has 0 aromatic heterocycles. The third-order valence-corrected chi connectivity index (χ3v) is 4.06. The van der Waals surface area contributed by atoms with Gasteiger partial charge in [0.15, 0.2) is 6.61 Å². The number of anilines is 1. The molecule has 0 heterocycles. The summed E-state index contributed by atoms with van der Waals surface area (Å²) in [7, 11) is 0. The molecule has 0 spiro atoms. The Labute approximate surface area is 156 Å². The van der Waals surface area contributed by atoms with Gasteiger partial charge in [-0.1, -0.05) is 31.2 Å². The predicted molar refractivity (Wildman–Crippen MR) is 100 cm³/mol. The number of nitrogens with two attached hydrogens (primary N) is 1. The van der Waals surface area contributed by atoms with Crippen LogP contribution in [0.1, 0.15) is 41.4 Å². The molecule has 1 unspecified atom stereocenters. The van der Waals surface area contributed by atoms with E-state index in [0.29, 0.717) is 0 Å². The molecule has 8 nitrogen and oxygen atoms in total. The van der Waals surface area contributed by atoms with Gasteiger partial charge in [-0.25, -0.2) is 4.79 Å². The van der Waals surface area contributed by atoms with Crippen LogP contribution in [0.15, 0.2) is 42.5 Å². The Kier molecular flexibility index (Phi) is 6.48. The lowest BCUT2D eigenvalue weighted by Crippen LogP contribution is -2.31. The number of benzene rings is 2. The summed E-state index contributed by atoms with van der Waals surface area (Å²) in [6, 6.07) is 11.2. The van der Waals surface area contributed by atoms with Gasteiger partial charge in [-0.2, -0.15) is 0 Å². The standard InChI is InChI=1S/C19H21N3O5/c1-3-13-4-6-14(7-5-13)12(2)21-18(23)11-27-19(24)15-8-9-16(20)17(10-15)22(25)26/h4-10,12H,3,11,20H2,1-2H3,(H,21,23). The number of nitrogen functional groups attached to an aromatic ring is 1. The van der Waals surface area contributed by atoms with Crippen molar-refractivity contribution in [2.75, 3.05) is 12.3 Å². The van der Waals surface area contributed by atoms with Gasteiger partial charge in [-0.3, -0.25) is 14.9 Å². The second kappa shape index (κ2) is 8.79. The minimum Gasteiger partial charge on any atom is -0.452 e. The lowest BCUT2D eigenvalue weighted by molar-refractivity contribution is -0.383. The topological polar surface area (TPSA) is 125 Å². The summed E-state index contributed by atoms with van der Waals surface area (Å²) in [4.78, 5) is 34.2. The van der Waals surface area contributed by atoms with E-state index >= 15 is 0 Å². The fraction of sp³-hybridized carbons (Fsp3) is 0.263. The number of nitrogens with zero attached hydrogens (tertiary/aromatic N) is 1. The van der Waals surface area contributed by atoms with Crippen molar-refractivity contribution >= 4 is 23.3 Å². The maximum Gasteiger partial charge on any atom is 0.338 e. The number of rotatable bonds is 7. The first kappa shape index (κ1) is 19.9. The highest BCUT2D eigenvalue weighted by Crippen LogP contribution is 2.22. The number of nitro benzene ring substituents is 1. The van der Waals surface area contributed by atoms with Crippen LogP contribution in [0.25, 0.3) is 0 Å². The molecule has 0 aliphatic heterocycles. The van der Waals surface area contributed by atoms with Gasteiger partial charge >= 0.3 is 5.97 Å². The van der Waals surface area contributed by atoms with Crippen LogP contribution in [0.4, 0.5) is 11.4 Å². The Balaban J connectivity index is 1.91. The van der Waals surface area contributed by atoms with E-state index in [9.17, 15) is 19.7 Å². The molecule has 0 saturated heterocycles. The molecule has 1 atom stereocenters. The van der Waals surface area contributed by atoms with Gasteiger partial charge in [0.25, 0.3) is 11.6 Å². The fourth-order valence-corrected chi connectivity index (χ4v) is 2.45. The minimum atomic E-state index is -0.840. The Hall–Kier alpha value is -3.42. The molecule has 1 amide bonds. The van der Waals surface area contributed by atoms with E-state index in [-0.39, 0.29) is 17.3 Å². The fourth-order valence-electron chi connectivity index (χ4n) is 2.45. The molecule has 3 N–H and O–H groups in total. The monoisotopic (exact) mass is 371 g/mol. The van der Waals surface area contributed by atoms with Gasteiger partial charge in [0.1, 0.15) is 5.69 Å². The number of hydrogen-bond acceptors (Lipinski definition) is 6. The molecular weight excluding hydrogens is 350 g/mol. The predicted octanol–water partition coefficient (Wildman–Crippen LogP) is 2.77. The van der Waals surface area contributed by atoms with Crippen LogP contribution < -0.4 is 11.1 Å². The van der Waals surface area contributed by atoms with E-state index in [0.717, 1.165) is 18.1 Å². The molecule has 2 aromatic carbocycles. The van der Waals surface area contributed by atoms with Crippen LogP contribution in [-0.2, 0) is 16.0 Å². The van der Waals surface area contributed by atoms with Crippen molar-refractivity contribution in [2.45, 2.75) is 26.3 Å². The molecule has 0 bridgehead atoms. The van der Waals surface area contributed by atoms with Crippen LogP contribution >= 0.6 is 0 Å². The summed E-state index contributed by atoms with van der Waals surface area (Å²) < 4.78 is 4.92. The first-order chi connectivity index (χ1) is 12.8. The highest BCUT2D eigenvalue weighted by molar-refractivity contribution is 5.92. The lowest BCUT2D eigenvalue weighted by atomic mass is 10.1. The number of amides is 1. The number of aryl methyl sites for hydroxylation is 1. The normalized spacial score (nSPS) is 11.5. The third-order valence-electron chi connectivity index (χ3n) is 4.06. The van der Waals surface area contributed by atoms with Gasteiger partial charge in [-0.15, -0.1) is 0 Å². The highest BCUT2D eigenvalue weighted by atomic mass is 16.6. The molecule has 27 heavy (non-hydrogen) atoms. The average molecular weight is 371 g/mol. The number of carbonyl (C=O) groups excluding carboxylic acids is 2. The van der Waals surface area contributed by atoms with Crippen molar-refractivity contribution in [1.29, 1.82) is 0 Å². The van der Waals surface area contributed by atoms with Crippen LogP contribution in [0.5, 0.6) is 0 Å². The summed E-state index contributed by atoms with van der Waals surface area (Å²) in [5.74, 6) is -1.31. The number of ether oxygens (including phenoxy) is 1. The largest absolute Gasteiger partial charge is 0.452 e. The minimum absolute atomic E-state index is 0.0492. The molecule has 8 heteroatoms. The molecule has 0 fully saturated rings. The maximum absolute atomic E-state index is 12.0. The van der Waals surface area contributed by atoms with Crippen molar-refractivity contribution in [3.8, 4) is 0 Å². The van der Waals surface area contributed by atoms with Crippen LogP contribution in [-0.4, -0.2) is 23.4 Å². The second-order valence-electron chi connectivity index (χ2n) is 5.99. The summed E-state index contributed by atoms with van der Waals surface area (Å²) in [6.07, 6.45) is 0.931. The average Bonchev–Trinajstić information content (AvgIpc) is 2.66. The quantitative estimate of drug-likeness (QED) is 0.334. The van der Waals surface area contributed by atoms with Crippen molar-refractivity contribution < 1.29 is 19.2 Å². The van der Waals surface area contributed by atoms with Gasteiger partial charge in [0.2, 0.25) is 0 Å². The zero-order chi connectivity index (χ0) is 20.0. The van der Waals surface area contributed by atoms with Crippen molar-refractivity contribution in [3.63, 3.8) is 0 Å². The first-order valence-electron chi connectivity index (χ1n) is 8.41. The van der Waals surface area contributed by atoms with Gasteiger partial charge in [-0.05, 0) is 36.6 Å². The molecule has 0 aliphatic carbocycles. The number of carbonyl (C=O) groups is 2. The van der Waals surface area contributed by atoms with Crippen LogP contribution in [0.2, 0.25) is 0 Å². The smallest absolute Gasteiger partial charge is 0.338 e. The number of hydrogen-bond donors (Lipinski definition) is 2. The van der Waals surface area contributed by atoms with E-state index in [2.05, 4.69) is 12.2 Å². The third kappa shape index (κ3) is 5.27. The van der Waals surface area contributed by atoms with E-state index in [1.807, 2.05) is 31.2 Å². The van der Waals surface area contributed by atoms with Crippen molar-refractivity contribution in [3.05, 3.63) is 69.3 Å². The Morgan fingerprint density at radius 1 is 1.22 bits per heavy atom. The van der Waals surface area contributed by atoms with E-state index in [1.54, 1.807) is 0 Å². The van der Waals surface area contributed by atoms with Crippen LogP contribution in [0.3, 0.4) is 0 Å².